The third-order valence-corrected chi connectivity index (χ3v) is 6.01. The second kappa shape index (κ2) is 8.51. The van der Waals surface area contributed by atoms with E-state index in [2.05, 4.69) is 34.5 Å². The van der Waals surface area contributed by atoms with Gasteiger partial charge >= 0.3 is 0 Å². The predicted octanol–water partition coefficient (Wildman–Crippen LogP) is 4.00. The largest absolute Gasteiger partial charge is 0.354 e. The molecule has 1 saturated carbocycles. The first-order valence-corrected chi connectivity index (χ1v) is 10.8. The number of nitrogens with zero attached hydrogens (tertiary/aromatic N) is 4. The molecular weight excluding hydrogens is 402 g/mol. The molecule has 1 fully saturated rings. The van der Waals surface area contributed by atoms with Crippen LogP contribution in [0.3, 0.4) is 0 Å². The van der Waals surface area contributed by atoms with Gasteiger partial charge in [-0.25, -0.2) is 4.98 Å². The Morgan fingerprint density at radius 2 is 1.81 bits per heavy atom. The molecule has 0 radical (unpaired) electrons. The Hall–Kier alpha value is -3.58. The molecule has 1 N–H and O–H groups in total. The van der Waals surface area contributed by atoms with Crippen LogP contribution in [-0.2, 0) is 13.1 Å². The van der Waals surface area contributed by atoms with Crippen LogP contribution >= 0.6 is 0 Å². The zero-order valence-electron chi connectivity index (χ0n) is 18.2. The van der Waals surface area contributed by atoms with Crippen molar-refractivity contribution in [2.75, 3.05) is 7.05 Å². The fourth-order valence-electron chi connectivity index (χ4n) is 3.88. The van der Waals surface area contributed by atoms with Crippen molar-refractivity contribution in [2.45, 2.75) is 26.4 Å². The number of pyridine rings is 1. The Morgan fingerprint density at radius 3 is 2.56 bits per heavy atom. The number of rotatable bonds is 7. The molecule has 3 heterocycles. The highest BCUT2D eigenvalue weighted by Gasteiger charge is 2.32. The van der Waals surface area contributed by atoms with E-state index in [1.54, 1.807) is 29.1 Å². The van der Waals surface area contributed by atoms with Gasteiger partial charge in [0.2, 0.25) is 0 Å². The maximum absolute atomic E-state index is 12.3. The Bertz CT molecular complexity index is 1290. The molecule has 32 heavy (non-hydrogen) atoms. The molecule has 0 aliphatic heterocycles. The quantitative estimate of drug-likeness (QED) is 0.480. The van der Waals surface area contributed by atoms with Crippen LogP contribution in [0.5, 0.6) is 0 Å². The Kier molecular flexibility index (Phi) is 5.41. The molecule has 162 valence electrons. The van der Waals surface area contributed by atoms with Gasteiger partial charge in [0.1, 0.15) is 11.4 Å². The van der Waals surface area contributed by atoms with Crippen molar-refractivity contribution in [2.24, 2.45) is 11.8 Å². The van der Waals surface area contributed by atoms with Crippen molar-refractivity contribution in [1.82, 2.24) is 25.0 Å². The lowest BCUT2D eigenvalue weighted by Crippen LogP contribution is -2.19. The van der Waals surface area contributed by atoms with Gasteiger partial charge in [0.25, 0.3) is 5.56 Å². The van der Waals surface area contributed by atoms with E-state index in [-0.39, 0.29) is 5.56 Å². The minimum absolute atomic E-state index is 0.0116. The molecule has 0 spiro atoms. The summed E-state index contributed by atoms with van der Waals surface area (Å²) in [6, 6.07) is 13.5. The molecule has 7 heteroatoms. The molecule has 5 rings (SSSR count). The summed E-state index contributed by atoms with van der Waals surface area (Å²) in [5.74, 6) is 1.82. The van der Waals surface area contributed by atoms with Gasteiger partial charge in [-0.05, 0) is 36.9 Å². The molecule has 3 aromatic heterocycles. The average molecular weight is 428 g/mol. The van der Waals surface area contributed by atoms with E-state index in [0.29, 0.717) is 29.0 Å². The molecule has 0 saturated heterocycles. The third-order valence-electron chi connectivity index (χ3n) is 6.01. The van der Waals surface area contributed by atoms with E-state index in [1.807, 2.05) is 31.4 Å². The Labute approximate surface area is 186 Å². The number of benzene rings is 1. The summed E-state index contributed by atoms with van der Waals surface area (Å²) in [5, 5.41) is 7.35. The van der Waals surface area contributed by atoms with Crippen LogP contribution in [0.2, 0.25) is 0 Å². The first-order chi connectivity index (χ1) is 15.6. The second-order valence-electron chi connectivity index (χ2n) is 8.47. The van der Waals surface area contributed by atoms with Crippen LogP contribution < -0.4 is 10.9 Å². The van der Waals surface area contributed by atoms with Crippen LogP contribution in [0.15, 0.2) is 70.4 Å². The lowest BCUT2D eigenvalue weighted by molar-refractivity contribution is 0.433. The molecule has 1 aromatic carbocycles. The van der Waals surface area contributed by atoms with Crippen molar-refractivity contribution in [3.8, 4) is 34.0 Å². The molecule has 4 aromatic rings. The highest BCUT2D eigenvalue weighted by molar-refractivity contribution is 5.66. The average Bonchev–Trinajstić information content (AvgIpc) is 3.29. The Balaban J connectivity index is 1.40. The number of hydrogen-bond acceptors (Lipinski definition) is 6. The molecule has 1 aliphatic carbocycles. The molecule has 1 aliphatic rings. The van der Waals surface area contributed by atoms with Gasteiger partial charge in [-0.15, -0.1) is 0 Å². The van der Waals surface area contributed by atoms with E-state index < -0.39 is 0 Å². The van der Waals surface area contributed by atoms with Crippen molar-refractivity contribution >= 4 is 0 Å². The van der Waals surface area contributed by atoms with Gasteiger partial charge in [-0.1, -0.05) is 36.3 Å². The number of hydrogen-bond donors (Lipinski definition) is 1. The third kappa shape index (κ3) is 4.24. The highest BCUT2D eigenvalue weighted by Crippen LogP contribution is 2.38. The van der Waals surface area contributed by atoms with Crippen LogP contribution in [0, 0.1) is 11.8 Å². The van der Waals surface area contributed by atoms with Crippen LogP contribution in [0.1, 0.15) is 18.9 Å². The highest BCUT2D eigenvalue weighted by atomic mass is 16.5. The summed E-state index contributed by atoms with van der Waals surface area (Å²) in [6.07, 6.45) is 6.41. The first kappa shape index (κ1) is 20.3. The van der Waals surface area contributed by atoms with Crippen molar-refractivity contribution in [3.05, 3.63) is 77.0 Å². The van der Waals surface area contributed by atoms with Gasteiger partial charge in [-0.3, -0.25) is 9.78 Å². The predicted molar refractivity (Wildman–Crippen MR) is 123 cm³/mol. The molecule has 7 nitrogen and oxygen atoms in total. The molecule has 2 atom stereocenters. The van der Waals surface area contributed by atoms with Gasteiger partial charge in [0, 0.05) is 42.5 Å². The van der Waals surface area contributed by atoms with Crippen molar-refractivity contribution < 1.29 is 4.52 Å². The summed E-state index contributed by atoms with van der Waals surface area (Å²) < 4.78 is 7.35. The molecule has 0 bridgehead atoms. The normalized spacial score (nSPS) is 17.4. The van der Waals surface area contributed by atoms with Crippen LogP contribution in [0.25, 0.3) is 34.0 Å². The van der Waals surface area contributed by atoms with Gasteiger partial charge in [0.15, 0.2) is 5.76 Å². The standard InChI is InChI=1S/C25H25N5O2/c1-16-9-20(16)15-30-14-19(7-8-25(30)31)22-12-27-13-23(28-22)24-10-21(29-32-24)18-5-3-17(4-6-18)11-26-2/h3-8,10,12-14,16,20,26H,9,11,15H2,1-2H3. The maximum atomic E-state index is 12.3. The van der Waals surface area contributed by atoms with Gasteiger partial charge < -0.3 is 14.4 Å². The Morgan fingerprint density at radius 1 is 1.06 bits per heavy atom. The van der Waals surface area contributed by atoms with E-state index in [0.717, 1.165) is 29.9 Å². The van der Waals surface area contributed by atoms with Crippen molar-refractivity contribution in [1.29, 1.82) is 0 Å². The molecule has 0 amide bonds. The van der Waals surface area contributed by atoms with E-state index >= 15 is 0 Å². The van der Waals surface area contributed by atoms with Crippen LogP contribution in [-0.4, -0.2) is 26.7 Å². The SMILES string of the molecule is CNCc1ccc(-c2cc(-c3cncc(-c4ccc(=O)n(CC5CC5C)c4)n3)on2)cc1. The fraction of sp³-hybridized carbons (Fsp3) is 0.280. The fourth-order valence-corrected chi connectivity index (χ4v) is 3.88. The van der Waals surface area contributed by atoms with Crippen molar-refractivity contribution in [3.63, 3.8) is 0 Å². The second-order valence-corrected chi connectivity index (χ2v) is 8.47. The minimum Gasteiger partial charge on any atom is -0.354 e. The summed E-state index contributed by atoms with van der Waals surface area (Å²) >= 11 is 0. The molecule has 2 unspecified atom stereocenters. The number of nitrogens with one attached hydrogen (secondary N) is 1. The summed E-state index contributed by atoms with van der Waals surface area (Å²) in [7, 11) is 1.93. The lowest BCUT2D eigenvalue weighted by Gasteiger charge is -2.08. The summed E-state index contributed by atoms with van der Waals surface area (Å²) in [6.45, 7) is 3.79. The molecular formula is C25H25N5O2. The van der Waals surface area contributed by atoms with Gasteiger partial charge in [0.05, 0.1) is 18.1 Å². The zero-order chi connectivity index (χ0) is 22.1. The monoisotopic (exact) mass is 427 g/mol. The maximum Gasteiger partial charge on any atom is 0.250 e. The summed E-state index contributed by atoms with van der Waals surface area (Å²) in [5.41, 5.74) is 5.08. The zero-order valence-corrected chi connectivity index (χ0v) is 18.2. The smallest absolute Gasteiger partial charge is 0.250 e. The van der Waals surface area contributed by atoms with Crippen LogP contribution in [0.4, 0.5) is 0 Å². The van der Waals surface area contributed by atoms with E-state index in [1.165, 1.54) is 12.0 Å². The minimum atomic E-state index is 0.0116. The lowest BCUT2D eigenvalue weighted by atomic mass is 10.1. The number of aromatic nitrogens is 4. The van der Waals surface area contributed by atoms with E-state index in [9.17, 15) is 4.79 Å². The van der Waals surface area contributed by atoms with Gasteiger partial charge in [-0.2, -0.15) is 0 Å². The first-order valence-electron chi connectivity index (χ1n) is 10.8. The topological polar surface area (TPSA) is 85.8 Å². The summed E-state index contributed by atoms with van der Waals surface area (Å²) in [4.78, 5) is 21.3. The van der Waals surface area contributed by atoms with E-state index in [4.69, 9.17) is 9.51 Å².